The summed E-state index contributed by atoms with van der Waals surface area (Å²) in [6.45, 7) is 5.72. The second kappa shape index (κ2) is 39.7. The van der Waals surface area contributed by atoms with Gasteiger partial charge in [-0.05, 0) is 73.6 Å². The first kappa shape index (κ1) is 81.5. The number of hydrogen-bond donors (Lipinski definition) is 16. The maximum absolute atomic E-state index is 15.2. The molecule has 4 aromatic rings. The van der Waals surface area contributed by atoms with E-state index in [9.17, 15) is 68.4 Å². The van der Waals surface area contributed by atoms with Crippen LogP contribution in [-0.2, 0) is 99.2 Å². The molecule has 15 atom stereocenters. The van der Waals surface area contributed by atoms with Crippen LogP contribution in [0.5, 0.6) is 0 Å². The molecule has 34 heteroatoms. The van der Waals surface area contributed by atoms with Crippen LogP contribution in [0, 0.1) is 11.8 Å². The molecule has 3 aromatic carbocycles. The minimum atomic E-state index is -1.92. The maximum Gasteiger partial charge on any atom is 0.246 e. The molecule has 104 heavy (non-hydrogen) atoms. The van der Waals surface area contributed by atoms with Crippen molar-refractivity contribution >= 4 is 70.9 Å². The smallest absolute Gasteiger partial charge is 0.246 e. The Bertz CT molecular complexity index is 3570. The summed E-state index contributed by atoms with van der Waals surface area (Å²) in [6.07, 6.45) is -9.04. The first-order valence-electron chi connectivity index (χ1n) is 34.9. The van der Waals surface area contributed by atoms with E-state index < -0.39 is 200 Å². The number of nitrogens with two attached hydrogens (primary N) is 3. The highest BCUT2D eigenvalue weighted by molar-refractivity contribution is 6.01. The lowest BCUT2D eigenvalue weighted by Gasteiger charge is -2.39. The zero-order chi connectivity index (χ0) is 75.7. The zero-order valence-corrected chi connectivity index (χ0v) is 58.6. The molecule has 3 saturated heterocycles. The second-order valence-electron chi connectivity index (χ2n) is 27.0. The first-order valence-corrected chi connectivity index (χ1v) is 34.9. The van der Waals surface area contributed by atoms with Crippen molar-refractivity contribution in [2.24, 2.45) is 29.0 Å². The average Bonchev–Trinajstić information content (AvgIpc) is 1.73. The Kier molecular flexibility index (Phi) is 31.1. The van der Waals surface area contributed by atoms with Gasteiger partial charge in [-0.25, -0.2) is 4.68 Å². The summed E-state index contributed by atoms with van der Waals surface area (Å²) >= 11 is 0. The number of carbonyl (C=O) groups excluding carboxylic acids is 12. The van der Waals surface area contributed by atoms with Crippen molar-refractivity contribution in [1.82, 2.24) is 67.7 Å². The molecular formula is C70H98N16O18. The lowest BCUT2D eigenvalue weighted by molar-refractivity contribution is -0.301. The van der Waals surface area contributed by atoms with E-state index in [-0.39, 0.29) is 82.8 Å². The molecule has 0 bridgehead atoms. The second-order valence-corrected chi connectivity index (χ2v) is 27.0. The Balaban J connectivity index is 1.29. The summed E-state index contributed by atoms with van der Waals surface area (Å²) in [6, 6.07) is 10.3. The molecule has 566 valence electrons. The monoisotopic (exact) mass is 1450 g/mol. The van der Waals surface area contributed by atoms with Gasteiger partial charge in [-0.1, -0.05) is 124 Å². The SMILES string of the molecule is CC(C)C[C@@H]1NC(=O)[C@H](CCCN)NC(=O)[C@H](C(C)C)NC(=O)[C@H](Cc2cn(CCO[C@@H]3O[C@H](CO)[C@@H](O)[C@H](O)[C@H]3O)nn2)NC(=O)[C@H](CCC(N)=O)NC(=O)[C@H](CC(N)=O)NC(=O)[C@@H](Cc2ccccc2)NC(=O)[C@H](Cc2ccccc2)NC(=O)[C@@H]2CCCN2C(=O)[C@@H](Cc2ccccc2)NC1=O. The van der Waals surface area contributed by atoms with Gasteiger partial charge in [0, 0.05) is 44.8 Å². The third-order valence-corrected chi connectivity index (χ3v) is 17.9. The molecule has 19 N–H and O–H groups in total. The van der Waals surface area contributed by atoms with Crippen molar-refractivity contribution in [3.05, 3.63) is 120 Å². The predicted octanol–water partition coefficient (Wildman–Crippen LogP) is -4.69. The molecule has 34 nitrogen and oxygen atoms in total. The summed E-state index contributed by atoms with van der Waals surface area (Å²) in [4.78, 5) is 176. The third kappa shape index (κ3) is 24.1. The minimum absolute atomic E-state index is 0.00313. The van der Waals surface area contributed by atoms with E-state index in [0.29, 0.717) is 23.1 Å². The number of aromatic nitrogens is 3. The van der Waals surface area contributed by atoms with Crippen LogP contribution in [0.3, 0.4) is 0 Å². The molecule has 0 aliphatic carbocycles. The molecule has 3 fully saturated rings. The Hall–Kier alpha value is -9.84. The van der Waals surface area contributed by atoms with Gasteiger partial charge in [0.25, 0.3) is 0 Å². The number of carbonyl (C=O) groups is 12. The van der Waals surface area contributed by atoms with Crippen LogP contribution in [-0.4, -0.2) is 229 Å². The quantitative estimate of drug-likeness (QED) is 0.0313. The standard InChI is InChI=1S/C70H98N16O18/c1-38(2)30-46-62(95)81-51(33-42-20-12-7-13-21-42)69(102)86-27-15-23-52(86)67(100)80-48(32-41-18-10-6-11-19-41)64(97)77-47(31-40-16-8-5-9-17-40)63(96)79-50(35-55(73)89)65(98)74-45(24-25-54(72)88)61(94)78-49(66(99)82-56(39(3)4)68(101)75-44(22-14-26-71)60(93)76-46)34-43-36-85(84-83-43)28-29-103-70-59(92)58(91)57(90)53(37-87)104-70/h5-13,16-21,36,38-39,44-53,56-59,70,87,90-92H,14-15,22-35,37,71H2,1-4H3,(H2,72,88)(H2,73,89)(H,74,98)(H,75,101)(H,76,93)(H,77,97)(H,78,94)(H,79,96)(H,80,100)(H,81,95)(H,82,99)/t44-,45-,46-,47+,48-,49-,50-,51+,52-,53+,56-,57+,58-,59+,70+/m0/s1. The molecule has 3 aliphatic heterocycles. The number of nitrogens with zero attached hydrogens (tertiary/aromatic N) is 4. The van der Waals surface area contributed by atoms with Crippen molar-refractivity contribution < 1.29 is 87.4 Å². The molecule has 0 spiro atoms. The molecule has 4 heterocycles. The summed E-state index contributed by atoms with van der Waals surface area (Å²) < 4.78 is 12.3. The van der Waals surface area contributed by atoms with Crippen LogP contribution in [0.25, 0.3) is 0 Å². The van der Waals surface area contributed by atoms with Crippen LogP contribution >= 0.6 is 0 Å². The van der Waals surface area contributed by atoms with Crippen LogP contribution in [0.4, 0.5) is 0 Å². The minimum Gasteiger partial charge on any atom is -0.394 e. The Morgan fingerprint density at radius 3 is 1.58 bits per heavy atom. The van der Waals surface area contributed by atoms with Crippen LogP contribution in [0.2, 0.25) is 0 Å². The lowest BCUT2D eigenvalue weighted by Crippen LogP contribution is -2.62. The number of nitrogens with one attached hydrogen (secondary N) is 9. The van der Waals surface area contributed by atoms with Gasteiger partial charge in [-0.2, -0.15) is 0 Å². The van der Waals surface area contributed by atoms with E-state index in [4.69, 9.17) is 26.7 Å². The lowest BCUT2D eigenvalue weighted by atomic mass is 9.99. The Morgan fingerprint density at radius 2 is 1.04 bits per heavy atom. The Labute approximate surface area is 601 Å². The number of hydrogen-bond acceptors (Lipinski definition) is 21. The van der Waals surface area contributed by atoms with Crippen molar-refractivity contribution in [3.63, 3.8) is 0 Å². The maximum atomic E-state index is 15.2. The molecule has 1 aromatic heterocycles. The summed E-state index contributed by atoms with van der Waals surface area (Å²) in [5, 5.41) is 73.0. The first-order chi connectivity index (χ1) is 49.6. The number of primary amides is 2. The van der Waals surface area contributed by atoms with Gasteiger partial charge in [0.1, 0.15) is 84.8 Å². The fourth-order valence-electron chi connectivity index (χ4n) is 12.3. The molecule has 3 aliphatic rings. The van der Waals surface area contributed by atoms with Gasteiger partial charge in [-0.3, -0.25) is 57.5 Å². The molecule has 0 unspecified atom stereocenters. The number of benzene rings is 3. The molecular weight excluding hydrogens is 1350 g/mol. The highest BCUT2D eigenvalue weighted by Gasteiger charge is 2.45. The van der Waals surface area contributed by atoms with Crippen molar-refractivity contribution in [3.8, 4) is 0 Å². The third-order valence-electron chi connectivity index (χ3n) is 17.9. The molecule has 0 radical (unpaired) electrons. The predicted molar refractivity (Wildman–Crippen MR) is 371 cm³/mol. The molecule has 7 rings (SSSR count). The zero-order valence-electron chi connectivity index (χ0n) is 58.6. The normalized spacial score (nSPS) is 27.1. The van der Waals surface area contributed by atoms with Crippen molar-refractivity contribution in [2.75, 3.05) is 26.3 Å². The highest BCUT2D eigenvalue weighted by Crippen LogP contribution is 2.24. The largest absolute Gasteiger partial charge is 0.394 e. The van der Waals surface area contributed by atoms with Crippen LogP contribution in [0.15, 0.2) is 97.2 Å². The number of rotatable bonds is 24. The van der Waals surface area contributed by atoms with Gasteiger partial charge in [-0.15, -0.1) is 5.10 Å². The molecule has 0 saturated carbocycles. The Morgan fingerprint density at radius 1 is 0.567 bits per heavy atom. The number of aliphatic hydroxyl groups excluding tert-OH is 4. The number of aliphatic hydroxyl groups is 4. The van der Waals surface area contributed by atoms with E-state index in [1.165, 1.54) is 15.8 Å². The van der Waals surface area contributed by atoms with Gasteiger partial charge in [0.15, 0.2) is 6.29 Å². The van der Waals surface area contributed by atoms with Gasteiger partial charge < -0.3 is 99.9 Å². The summed E-state index contributed by atoms with van der Waals surface area (Å²) in [5.74, 6) is -12.4. The number of amides is 12. The summed E-state index contributed by atoms with van der Waals surface area (Å²) in [5.41, 5.74) is 18.9. The van der Waals surface area contributed by atoms with E-state index in [1.54, 1.807) is 119 Å². The average molecular weight is 1450 g/mol. The highest BCUT2D eigenvalue weighted by atomic mass is 16.7. The summed E-state index contributed by atoms with van der Waals surface area (Å²) in [7, 11) is 0. The van der Waals surface area contributed by atoms with Crippen LogP contribution < -0.4 is 65.1 Å². The number of ether oxygens (including phenoxy) is 2. The van der Waals surface area contributed by atoms with Gasteiger partial charge in [0.2, 0.25) is 70.9 Å². The van der Waals surface area contributed by atoms with Gasteiger partial charge in [0.05, 0.1) is 31.9 Å². The van der Waals surface area contributed by atoms with E-state index in [2.05, 4.69) is 58.2 Å². The number of fused-ring (bicyclic) bond motifs is 1. The van der Waals surface area contributed by atoms with Crippen molar-refractivity contribution in [1.29, 1.82) is 0 Å². The van der Waals surface area contributed by atoms with E-state index >= 15 is 9.59 Å². The van der Waals surface area contributed by atoms with Crippen molar-refractivity contribution in [2.45, 2.75) is 202 Å². The van der Waals surface area contributed by atoms with Gasteiger partial charge >= 0.3 is 0 Å². The topological polar surface area (TPSA) is 524 Å². The fraction of sp³-hybridized carbons (Fsp3) is 0.543. The fourth-order valence-corrected chi connectivity index (χ4v) is 12.3. The van der Waals surface area contributed by atoms with Crippen LogP contribution in [0.1, 0.15) is 101 Å². The molecule has 12 amide bonds. The van der Waals surface area contributed by atoms with E-state index in [0.717, 1.165) is 0 Å². The van der Waals surface area contributed by atoms with E-state index in [1.807, 2.05) is 0 Å².